The van der Waals surface area contributed by atoms with Crippen molar-refractivity contribution in [2.75, 3.05) is 6.61 Å². The Kier molecular flexibility index (Phi) is 8.19. The zero-order chi connectivity index (χ0) is 18.6. The van der Waals surface area contributed by atoms with Crippen molar-refractivity contribution < 1.29 is 23.8 Å². The molecule has 0 N–H and O–H groups in total. The highest BCUT2D eigenvalue weighted by molar-refractivity contribution is 5.77. The van der Waals surface area contributed by atoms with Crippen LogP contribution in [0.2, 0.25) is 0 Å². The summed E-state index contributed by atoms with van der Waals surface area (Å²) in [5, 5.41) is 0. The number of carbonyl (C=O) groups excluding carboxylic acids is 2. The molecule has 0 atom stereocenters. The lowest BCUT2D eigenvalue weighted by Gasteiger charge is -2.08. The van der Waals surface area contributed by atoms with Gasteiger partial charge in [-0.2, -0.15) is 0 Å². The van der Waals surface area contributed by atoms with E-state index in [2.05, 4.69) is 0 Å². The Morgan fingerprint density at radius 2 is 1.42 bits per heavy atom. The maximum atomic E-state index is 11.7. The van der Waals surface area contributed by atoms with Gasteiger partial charge in [-0.25, -0.2) is 0 Å². The van der Waals surface area contributed by atoms with Crippen LogP contribution in [-0.2, 0) is 25.7 Å². The third kappa shape index (κ3) is 7.38. The summed E-state index contributed by atoms with van der Waals surface area (Å²) in [6, 6.07) is 16.8. The van der Waals surface area contributed by atoms with Gasteiger partial charge in [-0.3, -0.25) is 9.59 Å². The van der Waals surface area contributed by atoms with E-state index in [1.165, 1.54) is 0 Å². The van der Waals surface area contributed by atoms with Crippen LogP contribution in [0.25, 0.3) is 0 Å². The van der Waals surface area contributed by atoms with Gasteiger partial charge in [-0.15, -0.1) is 0 Å². The van der Waals surface area contributed by atoms with Gasteiger partial charge in [-0.1, -0.05) is 43.7 Å². The molecule has 0 aromatic heterocycles. The Morgan fingerprint density at radius 3 is 2.08 bits per heavy atom. The summed E-state index contributed by atoms with van der Waals surface area (Å²) in [4.78, 5) is 23.1. The van der Waals surface area contributed by atoms with Crippen molar-refractivity contribution in [1.29, 1.82) is 0 Å². The molecular weight excluding hydrogens is 332 g/mol. The minimum Gasteiger partial charge on any atom is -0.466 e. The average molecular weight is 356 g/mol. The van der Waals surface area contributed by atoms with Crippen LogP contribution in [0.3, 0.4) is 0 Å². The highest BCUT2D eigenvalue weighted by Gasteiger charge is 2.09. The van der Waals surface area contributed by atoms with Crippen LogP contribution in [0.5, 0.6) is 11.5 Å². The smallest absolute Gasteiger partial charge is 0.306 e. The molecule has 0 unspecified atom stereocenters. The molecule has 2 aromatic rings. The number of hydrogen-bond acceptors (Lipinski definition) is 5. The van der Waals surface area contributed by atoms with Gasteiger partial charge in [0.15, 0.2) is 0 Å². The predicted octanol–water partition coefficient (Wildman–Crippen LogP) is 4.65. The van der Waals surface area contributed by atoms with Gasteiger partial charge in [0.05, 0.1) is 19.4 Å². The molecule has 0 radical (unpaired) electrons. The molecule has 0 aliphatic heterocycles. The second-order valence-corrected chi connectivity index (χ2v) is 5.79. The Balaban J connectivity index is 1.68. The lowest BCUT2D eigenvalue weighted by Crippen LogP contribution is -2.10. The van der Waals surface area contributed by atoms with E-state index < -0.39 is 5.97 Å². The molecule has 0 heterocycles. The van der Waals surface area contributed by atoms with Gasteiger partial charge >= 0.3 is 11.9 Å². The van der Waals surface area contributed by atoms with Crippen LogP contribution in [0, 0.1) is 0 Å². The molecule has 0 aliphatic rings. The van der Waals surface area contributed by atoms with Crippen LogP contribution in [-0.4, -0.2) is 18.5 Å². The number of benzene rings is 2. The fourth-order valence-electron chi connectivity index (χ4n) is 2.12. The van der Waals surface area contributed by atoms with Crippen LogP contribution >= 0.6 is 0 Å². The summed E-state index contributed by atoms with van der Waals surface area (Å²) in [6.07, 6.45) is 1.87. The van der Waals surface area contributed by atoms with Crippen LogP contribution in [0.4, 0.5) is 0 Å². The summed E-state index contributed by atoms with van der Waals surface area (Å²) in [5.41, 5.74) is 0.851. The second kappa shape index (κ2) is 10.9. The molecule has 2 aromatic carbocycles. The molecule has 26 heavy (non-hydrogen) atoms. The topological polar surface area (TPSA) is 61.8 Å². The zero-order valence-corrected chi connectivity index (χ0v) is 15.0. The molecule has 5 nitrogen and oxygen atoms in total. The minimum atomic E-state index is -0.415. The molecule has 5 heteroatoms. The van der Waals surface area contributed by atoms with Crippen molar-refractivity contribution in [3.8, 4) is 11.5 Å². The first kappa shape index (κ1) is 19.5. The van der Waals surface area contributed by atoms with Crippen molar-refractivity contribution >= 4 is 11.9 Å². The third-order valence-electron chi connectivity index (χ3n) is 3.60. The number of para-hydroxylation sites is 1. The maximum absolute atomic E-state index is 11.7. The van der Waals surface area contributed by atoms with Crippen LogP contribution < -0.4 is 4.74 Å². The minimum absolute atomic E-state index is 0.0279. The van der Waals surface area contributed by atoms with Gasteiger partial charge in [0.25, 0.3) is 0 Å². The summed E-state index contributed by atoms with van der Waals surface area (Å²) < 4.78 is 15.9. The van der Waals surface area contributed by atoms with Gasteiger partial charge in [-0.05, 0) is 36.2 Å². The molecule has 0 aliphatic carbocycles. The molecule has 0 amide bonds. The predicted molar refractivity (Wildman–Crippen MR) is 97.9 cm³/mol. The Morgan fingerprint density at radius 1 is 0.808 bits per heavy atom. The quantitative estimate of drug-likeness (QED) is 0.458. The lowest BCUT2D eigenvalue weighted by atomic mass is 10.2. The number of rotatable bonds is 10. The summed E-state index contributed by atoms with van der Waals surface area (Å²) >= 11 is 0. The highest BCUT2D eigenvalue weighted by atomic mass is 16.5. The van der Waals surface area contributed by atoms with Crippen molar-refractivity contribution in [1.82, 2.24) is 0 Å². The summed E-state index contributed by atoms with van der Waals surface area (Å²) in [5.74, 6) is 0.693. The summed E-state index contributed by atoms with van der Waals surface area (Å²) in [7, 11) is 0. The van der Waals surface area contributed by atoms with Crippen molar-refractivity contribution in [3.63, 3.8) is 0 Å². The molecule has 0 bridgehead atoms. The molecule has 0 saturated carbocycles. The van der Waals surface area contributed by atoms with Crippen LogP contribution in [0.1, 0.15) is 38.2 Å². The largest absolute Gasteiger partial charge is 0.466 e. The van der Waals surface area contributed by atoms with E-state index in [1.807, 2.05) is 61.5 Å². The number of hydrogen-bond donors (Lipinski definition) is 0. The zero-order valence-electron chi connectivity index (χ0n) is 15.0. The van der Waals surface area contributed by atoms with E-state index in [4.69, 9.17) is 14.2 Å². The number of carbonyl (C=O) groups is 2. The fraction of sp³-hybridized carbons (Fsp3) is 0.333. The van der Waals surface area contributed by atoms with Crippen LogP contribution in [0.15, 0.2) is 54.6 Å². The van der Waals surface area contributed by atoms with E-state index in [0.717, 1.165) is 24.2 Å². The van der Waals surface area contributed by atoms with E-state index in [9.17, 15) is 9.59 Å². The van der Waals surface area contributed by atoms with Gasteiger partial charge in [0.1, 0.15) is 18.1 Å². The molecule has 138 valence electrons. The van der Waals surface area contributed by atoms with Gasteiger partial charge in [0.2, 0.25) is 0 Å². The average Bonchev–Trinajstić information content (AvgIpc) is 2.67. The molecular formula is C21H24O5. The first-order chi connectivity index (χ1) is 12.7. The van der Waals surface area contributed by atoms with E-state index >= 15 is 0 Å². The second-order valence-electron chi connectivity index (χ2n) is 5.79. The standard InChI is InChI=1S/C21H24O5/c1-2-3-15-24-20(22)13-14-21(23)25-16-17-9-11-19(12-10-17)26-18-7-5-4-6-8-18/h4-12H,2-3,13-16H2,1H3. The number of ether oxygens (including phenoxy) is 3. The first-order valence-electron chi connectivity index (χ1n) is 8.80. The Bertz CT molecular complexity index is 679. The monoisotopic (exact) mass is 356 g/mol. The van der Waals surface area contributed by atoms with Crippen molar-refractivity contribution in [2.45, 2.75) is 39.2 Å². The van der Waals surface area contributed by atoms with E-state index in [1.54, 1.807) is 0 Å². The SMILES string of the molecule is CCCCOC(=O)CCC(=O)OCc1ccc(Oc2ccccc2)cc1. The first-order valence-corrected chi connectivity index (χ1v) is 8.80. The van der Waals surface area contributed by atoms with Crippen molar-refractivity contribution in [2.24, 2.45) is 0 Å². The van der Waals surface area contributed by atoms with E-state index in [0.29, 0.717) is 12.4 Å². The lowest BCUT2D eigenvalue weighted by molar-refractivity contribution is -0.151. The number of unbranched alkanes of at least 4 members (excludes halogenated alkanes) is 1. The molecule has 2 rings (SSSR count). The summed E-state index contributed by atoms with van der Waals surface area (Å²) in [6.45, 7) is 2.59. The van der Waals surface area contributed by atoms with Gasteiger partial charge < -0.3 is 14.2 Å². The third-order valence-corrected chi connectivity index (χ3v) is 3.60. The molecule has 0 fully saturated rings. The van der Waals surface area contributed by atoms with E-state index in [-0.39, 0.29) is 25.4 Å². The fourth-order valence-corrected chi connectivity index (χ4v) is 2.12. The highest BCUT2D eigenvalue weighted by Crippen LogP contribution is 2.21. The maximum Gasteiger partial charge on any atom is 0.306 e. The van der Waals surface area contributed by atoms with Crippen molar-refractivity contribution in [3.05, 3.63) is 60.2 Å². The molecule has 0 spiro atoms. The normalized spacial score (nSPS) is 10.2. The Labute approximate surface area is 153 Å². The van der Waals surface area contributed by atoms with Gasteiger partial charge in [0, 0.05) is 0 Å². The Hall–Kier alpha value is -2.82. The molecule has 0 saturated heterocycles. The number of esters is 2.